The molecule has 2 heterocycles. The van der Waals surface area contributed by atoms with Crippen LogP contribution in [0.4, 0.5) is 11.4 Å². The maximum Gasteiger partial charge on any atom is 0.264 e. The van der Waals surface area contributed by atoms with Crippen molar-refractivity contribution < 1.29 is 34.8 Å². The number of nitrogens with zero attached hydrogens (tertiary/aromatic N) is 2. The van der Waals surface area contributed by atoms with Gasteiger partial charge >= 0.3 is 0 Å². The molecule has 2 aromatic rings. The second-order valence-corrected chi connectivity index (χ2v) is 8.73. The Kier molecular flexibility index (Phi) is 7.01. The predicted molar refractivity (Wildman–Crippen MR) is 124 cm³/mol. The summed E-state index contributed by atoms with van der Waals surface area (Å²) < 4.78 is 5.82. The lowest BCUT2D eigenvalue weighted by Crippen LogP contribution is -2.65. The molecule has 0 saturated carbocycles. The van der Waals surface area contributed by atoms with Crippen LogP contribution < -0.4 is 10.0 Å². The molecule has 5 atom stereocenters. The third-order valence-electron chi connectivity index (χ3n) is 6.65. The van der Waals surface area contributed by atoms with E-state index in [1.807, 2.05) is 6.92 Å². The van der Waals surface area contributed by atoms with Crippen molar-refractivity contribution in [1.82, 2.24) is 0 Å². The largest absolute Gasteiger partial charge is 0.394 e. The average Bonchev–Trinajstić information content (AvgIpc) is 3.09. The Morgan fingerprint density at radius 3 is 1.76 bits per heavy atom. The van der Waals surface area contributed by atoms with Gasteiger partial charge in [-0.05, 0) is 30.7 Å². The molecule has 0 aromatic heterocycles. The number of carbonyl (C=O) groups is 2. The number of rotatable bonds is 7. The van der Waals surface area contributed by atoms with Crippen LogP contribution in [0.15, 0.2) is 60.7 Å². The summed E-state index contributed by atoms with van der Waals surface area (Å²) in [6.45, 7) is 1.26. The number of ether oxygens (including phenoxy) is 1. The van der Waals surface area contributed by atoms with Crippen LogP contribution in [0.1, 0.15) is 26.2 Å². The van der Waals surface area contributed by atoms with Crippen LogP contribution in [0, 0.1) is 5.41 Å². The van der Waals surface area contributed by atoms with Crippen molar-refractivity contribution in [3.05, 3.63) is 60.7 Å². The van der Waals surface area contributed by atoms with Crippen molar-refractivity contribution in [3.63, 3.8) is 0 Å². The molecule has 0 radical (unpaired) electrons. The number of hydrazine groups is 1. The molecule has 4 rings (SSSR count). The Bertz CT molecular complexity index is 943. The summed E-state index contributed by atoms with van der Waals surface area (Å²) in [5.41, 5.74) is -0.976. The number of anilines is 2. The van der Waals surface area contributed by atoms with Gasteiger partial charge in [-0.15, -0.1) is 0 Å². The first kappa shape index (κ1) is 24.3. The Labute approximate surface area is 197 Å². The Balaban J connectivity index is 1.89. The molecule has 2 aromatic carbocycles. The zero-order valence-corrected chi connectivity index (χ0v) is 18.9. The summed E-state index contributed by atoms with van der Waals surface area (Å²) in [4.78, 5) is 28.4. The van der Waals surface area contributed by atoms with E-state index >= 15 is 0 Å². The van der Waals surface area contributed by atoms with E-state index in [1.165, 1.54) is 10.0 Å². The van der Waals surface area contributed by atoms with E-state index in [2.05, 4.69) is 0 Å². The number of aliphatic hydroxyl groups is 4. The molecule has 182 valence electrons. The lowest BCUT2D eigenvalue weighted by molar-refractivity contribution is -0.250. The van der Waals surface area contributed by atoms with Crippen molar-refractivity contribution in [3.8, 4) is 0 Å². The fourth-order valence-electron chi connectivity index (χ4n) is 4.82. The Hall–Kier alpha value is -2.82. The summed E-state index contributed by atoms with van der Waals surface area (Å²) in [6.07, 6.45) is -6.55. The Morgan fingerprint density at radius 2 is 1.32 bits per heavy atom. The maximum absolute atomic E-state index is 14.2. The predicted octanol–water partition coefficient (Wildman–Crippen LogP) is 1.00. The van der Waals surface area contributed by atoms with Crippen molar-refractivity contribution in [2.24, 2.45) is 5.41 Å². The van der Waals surface area contributed by atoms with Gasteiger partial charge in [0.1, 0.15) is 30.5 Å². The van der Waals surface area contributed by atoms with Crippen LogP contribution in [0.3, 0.4) is 0 Å². The summed E-state index contributed by atoms with van der Waals surface area (Å²) in [5.74, 6) is -1.21. The third-order valence-corrected chi connectivity index (χ3v) is 6.65. The number of unbranched alkanes of at least 4 members (excludes halogenated alkanes) is 1. The SMILES string of the molecule is CCCCC1([C@H]2O[C@H](CO)[C@@H](O)[C@H](O)[C@@H]2O)C(=O)N(c2ccccc2)N(c2ccccc2)C1=O. The minimum atomic E-state index is -1.88. The van der Waals surface area contributed by atoms with Gasteiger partial charge in [0.25, 0.3) is 11.8 Å². The molecule has 2 fully saturated rings. The van der Waals surface area contributed by atoms with E-state index in [0.29, 0.717) is 24.2 Å². The molecule has 2 aliphatic rings. The monoisotopic (exact) mass is 470 g/mol. The fraction of sp³-hybridized carbons (Fsp3) is 0.440. The molecule has 0 bridgehead atoms. The number of hydrogen-bond donors (Lipinski definition) is 4. The van der Waals surface area contributed by atoms with E-state index in [9.17, 15) is 30.0 Å². The van der Waals surface area contributed by atoms with Crippen LogP contribution in [0.25, 0.3) is 0 Å². The maximum atomic E-state index is 14.2. The first-order valence-electron chi connectivity index (χ1n) is 11.5. The highest BCUT2D eigenvalue weighted by Crippen LogP contribution is 2.47. The van der Waals surface area contributed by atoms with Crippen molar-refractivity contribution in [2.75, 3.05) is 16.6 Å². The quantitative estimate of drug-likeness (QED) is 0.444. The minimum Gasteiger partial charge on any atom is -0.394 e. The highest BCUT2D eigenvalue weighted by atomic mass is 16.5. The molecule has 4 N–H and O–H groups in total. The fourth-order valence-corrected chi connectivity index (χ4v) is 4.82. The molecule has 0 spiro atoms. The molecule has 0 aliphatic carbocycles. The van der Waals surface area contributed by atoms with Crippen LogP contribution in [0.5, 0.6) is 0 Å². The number of para-hydroxylation sites is 2. The van der Waals surface area contributed by atoms with Gasteiger partial charge in [0, 0.05) is 0 Å². The van der Waals surface area contributed by atoms with Gasteiger partial charge in [0.2, 0.25) is 0 Å². The van der Waals surface area contributed by atoms with Gasteiger partial charge in [-0.2, -0.15) is 0 Å². The molecule has 9 heteroatoms. The highest BCUT2D eigenvalue weighted by molar-refractivity contribution is 6.26. The number of benzene rings is 2. The van der Waals surface area contributed by atoms with Gasteiger partial charge in [-0.1, -0.05) is 56.2 Å². The number of aliphatic hydroxyl groups excluding tert-OH is 4. The summed E-state index contributed by atoms with van der Waals surface area (Å²) >= 11 is 0. The van der Waals surface area contributed by atoms with E-state index in [-0.39, 0.29) is 6.42 Å². The number of hydrogen-bond acceptors (Lipinski definition) is 7. The standard InChI is InChI=1S/C25H30N2O7/c1-2-3-14-25(22-21(31)20(30)19(29)18(15-28)34-22)23(32)26(16-10-6-4-7-11-16)27(24(25)33)17-12-8-5-9-13-17/h4-13,18-22,28-31H,2-3,14-15H2,1H3/t18-,19-,20+,21+,22+/m1/s1. The first-order valence-corrected chi connectivity index (χ1v) is 11.5. The van der Waals surface area contributed by atoms with Crippen molar-refractivity contribution in [2.45, 2.75) is 56.7 Å². The molecule has 34 heavy (non-hydrogen) atoms. The Morgan fingerprint density at radius 1 is 0.824 bits per heavy atom. The van der Waals surface area contributed by atoms with Crippen LogP contribution in [0.2, 0.25) is 0 Å². The van der Waals surface area contributed by atoms with Gasteiger partial charge in [0.05, 0.1) is 18.0 Å². The average molecular weight is 471 g/mol. The lowest BCUT2D eigenvalue weighted by Gasteiger charge is -2.45. The van der Waals surface area contributed by atoms with Crippen LogP contribution in [-0.2, 0) is 14.3 Å². The van der Waals surface area contributed by atoms with Gasteiger partial charge < -0.3 is 25.2 Å². The second kappa shape index (κ2) is 9.81. The van der Waals surface area contributed by atoms with Crippen LogP contribution in [-0.4, -0.2) is 69.4 Å². The molecular weight excluding hydrogens is 440 g/mol. The zero-order valence-electron chi connectivity index (χ0n) is 18.9. The third kappa shape index (κ3) is 3.79. The molecule has 2 saturated heterocycles. The van der Waals surface area contributed by atoms with Gasteiger partial charge in [-0.3, -0.25) is 9.59 Å². The molecule has 2 aliphatic heterocycles. The minimum absolute atomic E-state index is 0.0521. The van der Waals surface area contributed by atoms with E-state index in [1.54, 1.807) is 60.7 Å². The van der Waals surface area contributed by atoms with Crippen molar-refractivity contribution >= 4 is 23.2 Å². The molecule has 0 unspecified atom stereocenters. The molecule has 2 amide bonds. The molecular formula is C25H30N2O7. The summed E-state index contributed by atoms with van der Waals surface area (Å²) in [7, 11) is 0. The van der Waals surface area contributed by atoms with Gasteiger partial charge in [-0.25, -0.2) is 10.0 Å². The molecule has 9 nitrogen and oxygen atoms in total. The first-order chi connectivity index (χ1) is 16.4. The van der Waals surface area contributed by atoms with E-state index < -0.39 is 54.4 Å². The summed E-state index contributed by atoms with van der Waals surface area (Å²) in [6, 6.07) is 17.4. The van der Waals surface area contributed by atoms with Gasteiger partial charge in [0.15, 0.2) is 5.41 Å². The smallest absolute Gasteiger partial charge is 0.264 e. The van der Waals surface area contributed by atoms with Crippen LogP contribution >= 0.6 is 0 Å². The van der Waals surface area contributed by atoms with E-state index in [4.69, 9.17) is 4.74 Å². The number of carbonyl (C=O) groups excluding carboxylic acids is 2. The summed E-state index contributed by atoms with van der Waals surface area (Å²) in [5, 5.41) is 43.9. The highest BCUT2D eigenvalue weighted by Gasteiger charge is 2.67. The van der Waals surface area contributed by atoms with Crippen molar-refractivity contribution in [1.29, 1.82) is 0 Å². The second-order valence-electron chi connectivity index (χ2n) is 8.73. The van der Waals surface area contributed by atoms with E-state index in [0.717, 1.165) is 0 Å². The normalized spacial score (nSPS) is 29.0. The number of amides is 2. The lowest BCUT2D eigenvalue weighted by atomic mass is 9.71. The zero-order chi connectivity index (χ0) is 24.5. The topological polar surface area (TPSA) is 131 Å².